The number of fused-ring (bicyclic) bond motifs is 1. The molecule has 0 unspecified atom stereocenters. The highest BCUT2D eigenvalue weighted by molar-refractivity contribution is 5.79. The van der Waals surface area contributed by atoms with E-state index in [2.05, 4.69) is 0 Å². The smallest absolute Gasteiger partial charge is 0.125 e. The summed E-state index contributed by atoms with van der Waals surface area (Å²) in [6.07, 6.45) is 1.79. The monoisotopic (exact) mass is 179 g/mol. The second kappa shape index (κ2) is 3.09. The third-order valence-electron chi connectivity index (χ3n) is 1.89. The summed E-state index contributed by atoms with van der Waals surface area (Å²) in [4.78, 5) is 5.26. The normalized spacial score (nSPS) is 10.6. The Morgan fingerprint density at radius 2 is 2.23 bits per heavy atom. The molecular formula is C10H10FNO. The Morgan fingerprint density at radius 3 is 3.00 bits per heavy atom. The van der Waals surface area contributed by atoms with Crippen LogP contribution in [0.1, 0.15) is 6.92 Å². The van der Waals surface area contributed by atoms with E-state index >= 15 is 0 Å². The zero-order chi connectivity index (χ0) is 9.26. The Morgan fingerprint density at radius 1 is 1.38 bits per heavy atom. The number of benzene rings is 1. The molecule has 13 heavy (non-hydrogen) atoms. The average molecular weight is 179 g/mol. The quantitative estimate of drug-likeness (QED) is 0.689. The summed E-state index contributed by atoms with van der Waals surface area (Å²) in [5.41, 5.74) is 0.766. The first kappa shape index (κ1) is 8.10. The minimum atomic E-state index is -0.243. The maximum Gasteiger partial charge on any atom is 0.125 e. The topological polar surface area (TPSA) is 14.2 Å². The molecule has 0 aliphatic carbocycles. The second-order valence-corrected chi connectivity index (χ2v) is 2.76. The van der Waals surface area contributed by atoms with E-state index < -0.39 is 0 Å². The Hall–Kier alpha value is -1.51. The SMILES string of the molecule is CCOn1ccc2ccc(F)cc21. The molecule has 0 N–H and O–H groups in total. The first-order valence-electron chi connectivity index (χ1n) is 4.21. The lowest BCUT2D eigenvalue weighted by Gasteiger charge is -2.04. The highest BCUT2D eigenvalue weighted by Crippen LogP contribution is 2.15. The van der Waals surface area contributed by atoms with Crippen LogP contribution in [-0.2, 0) is 0 Å². The second-order valence-electron chi connectivity index (χ2n) is 2.76. The first-order chi connectivity index (χ1) is 6.31. The molecule has 0 radical (unpaired) electrons. The Bertz CT molecular complexity index is 422. The molecule has 0 saturated carbocycles. The summed E-state index contributed by atoms with van der Waals surface area (Å²) in [5.74, 6) is -0.243. The van der Waals surface area contributed by atoms with E-state index in [-0.39, 0.29) is 5.82 Å². The lowest BCUT2D eigenvalue weighted by atomic mass is 10.2. The standard InChI is InChI=1S/C10H10FNO/c1-2-13-12-6-5-8-3-4-9(11)7-10(8)12/h3-7H,2H2,1H3. The lowest BCUT2D eigenvalue weighted by molar-refractivity contribution is 0.132. The van der Waals surface area contributed by atoms with Gasteiger partial charge in [-0.25, -0.2) is 4.39 Å². The van der Waals surface area contributed by atoms with Crippen LogP contribution in [-0.4, -0.2) is 11.3 Å². The molecule has 2 nitrogen and oxygen atoms in total. The maximum atomic E-state index is 12.9. The van der Waals surface area contributed by atoms with Gasteiger partial charge in [-0.15, -0.1) is 0 Å². The molecule has 68 valence electrons. The van der Waals surface area contributed by atoms with Gasteiger partial charge in [0, 0.05) is 17.6 Å². The molecule has 3 heteroatoms. The average Bonchev–Trinajstić information content (AvgIpc) is 2.49. The van der Waals surface area contributed by atoms with Crippen molar-refractivity contribution in [1.29, 1.82) is 0 Å². The number of hydrogen-bond acceptors (Lipinski definition) is 1. The number of rotatable bonds is 2. The van der Waals surface area contributed by atoms with E-state index in [1.54, 1.807) is 17.0 Å². The van der Waals surface area contributed by atoms with Crippen molar-refractivity contribution < 1.29 is 9.23 Å². The summed E-state index contributed by atoms with van der Waals surface area (Å²) >= 11 is 0. The van der Waals surface area contributed by atoms with Crippen LogP contribution < -0.4 is 4.84 Å². The molecule has 2 aromatic rings. The van der Waals surface area contributed by atoms with Crippen LogP contribution >= 0.6 is 0 Å². The first-order valence-corrected chi connectivity index (χ1v) is 4.21. The number of nitrogens with zero attached hydrogens (tertiary/aromatic N) is 1. The van der Waals surface area contributed by atoms with Gasteiger partial charge in [-0.3, -0.25) is 0 Å². The van der Waals surface area contributed by atoms with E-state index in [4.69, 9.17) is 4.84 Å². The van der Waals surface area contributed by atoms with Gasteiger partial charge in [0.25, 0.3) is 0 Å². The molecule has 1 heterocycles. The molecule has 0 fully saturated rings. The Kier molecular flexibility index (Phi) is 1.93. The van der Waals surface area contributed by atoms with E-state index in [1.165, 1.54) is 12.1 Å². The summed E-state index contributed by atoms with van der Waals surface area (Å²) in [7, 11) is 0. The Balaban J connectivity index is 2.58. The summed E-state index contributed by atoms with van der Waals surface area (Å²) in [6, 6.07) is 6.54. The molecule has 0 amide bonds. The van der Waals surface area contributed by atoms with Crippen LogP contribution in [0.15, 0.2) is 30.5 Å². The highest BCUT2D eigenvalue weighted by atomic mass is 19.1. The predicted octanol–water partition coefficient (Wildman–Crippen LogP) is 2.23. The van der Waals surface area contributed by atoms with Gasteiger partial charge in [-0.1, -0.05) is 0 Å². The van der Waals surface area contributed by atoms with Crippen molar-refractivity contribution in [3.63, 3.8) is 0 Å². The summed E-state index contributed by atoms with van der Waals surface area (Å²) < 4.78 is 14.4. The van der Waals surface area contributed by atoms with Gasteiger partial charge in [0.1, 0.15) is 12.4 Å². The maximum absolute atomic E-state index is 12.9. The minimum absolute atomic E-state index is 0.243. The van der Waals surface area contributed by atoms with Gasteiger partial charge in [-0.2, -0.15) is 4.73 Å². The van der Waals surface area contributed by atoms with E-state index in [1.807, 2.05) is 13.0 Å². The third-order valence-corrected chi connectivity index (χ3v) is 1.89. The number of halogens is 1. The van der Waals surface area contributed by atoms with Crippen LogP contribution in [0.3, 0.4) is 0 Å². The van der Waals surface area contributed by atoms with Crippen molar-refractivity contribution in [1.82, 2.24) is 4.73 Å². The predicted molar refractivity (Wildman–Crippen MR) is 49.0 cm³/mol. The van der Waals surface area contributed by atoms with Crippen molar-refractivity contribution in [2.24, 2.45) is 0 Å². The fourth-order valence-corrected chi connectivity index (χ4v) is 1.33. The molecule has 0 spiro atoms. The van der Waals surface area contributed by atoms with Crippen LogP contribution in [0.5, 0.6) is 0 Å². The van der Waals surface area contributed by atoms with Gasteiger partial charge in [0.15, 0.2) is 0 Å². The van der Waals surface area contributed by atoms with E-state index in [0.29, 0.717) is 6.61 Å². The van der Waals surface area contributed by atoms with Gasteiger partial charge < -0.3 is 4.84 Å². The molecule has 0 atom stereocenters. The zero-order valence-corrected chi connectivity index (χ0v) is 7.33. The molecule has 1 aromatic heterocycles. The number of hydrogen-bond donors (Lipinski definition) is 0. The summed E-state index contributed by atoms with van der Waals surface area (Å²) in [6.45, 7) is 2.46. The van der Waals surface area contributed by atoms with Gasteiger partial charge in [0.2, 0.25) is 0 Å². The highest BCUT2D eigenvalue weighted by Gasteiger charge is 2.01. The van der Waals surface area contributed by atoms with Crippen molar-refractivity contribution in [3.05, 3.63) is 36.3 Å². The molecule has 2 rings (SSSR count). The molecule has 0 aliphatic heterocycles. The molecular weight excluding hydrogens is 169 g/mol. The van der Waals surface area contributed by atoms with E-state index in [9.17, 15) is 4.39 Å². The fourth-order valence-electron chi connectivity index (χ4n) is 1.33. The lowest BCUT2D eigenvalue weighted by Crippen LogP contribution is -2.08. The fraction of sp³-hybridized carbons (Fsp3) is 0.200. The van der Waals surface area contributed by atoms with Crippen LogP contribution in [0.2, 0.25) is 0 Å². The van der Waals surface area contributed by atoms with Crippen molar-refractivity contribution >= 4 is 10.9 Å². The molecule has 1 aromatic carbocycles. The minimum Gasteiger partial charge on any atom is -0.414 e. The molecule has 0 aliphatic rings. The van der Waals surface area contributed by atoms with Crippen molar-refractivity contribution in [2.75, 3.05) is 6.61 Å². The molecule has 0 saturated heterocycles. The van der Waals surface area contributed by atoms with Crippen LogP contribution in [0.25, 0.3) is 10.9 Å². The van der Waals surface area contributed by atoms with Gasteiger partial charge >= 0.3 is 0 Å². The van der Waals surface area contributed by atoms with E-state index in [0.717, 1.165) is 10.9 Å². The summed E-state index contributed by atoms with van der Waals surface area (Å²) in [5, 5.41) is 0.981. The van der Waals surface area contributed by atoms with Crippen LogP contribution in [0.4, 0.5) is 4.39 Å². The zero-order valence-electron chi connectivity index (χ0n) is 7.33. The Labute approximate surface area is 75.5 Å². The number of aromatic nitrogens is 1. The van der Waals surface area contributed by atoms with Crippen LogP contribution in [0, 0.1) is 5.82 Å². The van der Waals surface area contributed by atoms with Crippen molar-refractivity contribution in [2.45, 2.75) is 6.92 Å². The van der Waals surface area contributed by atoms with Gasteiger partial charge in [0.05, 0.1) is 5.52 Å². The molecule has 0 bridgehead atoms. The van der Waals surface area contributed by atoms with Gasteiger partial charge in [-0.05, 0) is 25.1 Å². The third kappa shape index (κ3) is 1.37. The van der Waals surface area contributed by atoms with Crippen molar-refractivity contribution in [3.8, 4) is 0 Å². The largest absolute Gasteiger partial charge is 0.414 e.